The summed E-state index contributed by atoms with van der Waals surface area (Å²) in [7, 11) is 1.79. The molecule has 0 spiro atoms. The second-order valence-corrected chi connectivity index (χ2v) is 9.44. The Hall–Kier alpha value is -0.740. The van der Waals surface area contributed by atoms with Crippen LogP contribution >= 0.6 is 10.7 Å². The van der Waals surface area contributed by atoms with E-state index in [-0.39, 0.29) is 10.3 Å². The lowest BCUT2D eigenvalue weighted by Gasteiger charge is -2.28. The number of benzene rings is 1. The summed E-state index contributed by atoms with van der Waals surface area (Å²) < 4.78 is 29.4. The van der Waals surface area contributed by atoms with E-state index >= 15 is 0 Å². The minimum atomic E-state index is -3.74. The van der Waals surface area contributed by atoms with Crippen LogP contribution in [0.3, 0.4) is 0 Å². The van der Waals surface area contributed by atoms with Crippen molar-refractivity contribution in [1.82, 2.24) is 0 Å². The number of rotatable bonds is 4. The molecule has 3 nitrogen and oxygen atoms in total. The van der Waals surface area contributed by atoms with E-state index in [1.54, 1.807) is 19.1 Å². The first-order valence-corrected chi connectivity index (χ1v) is 9.62. The molecule has 1 aliphatic carbocycles. The summed E-state index contributed by atoms with van der Waals surface area (Å²) >= 11 is 0. The van der Waals surface area contributed by atoms with Gasteiger partial charge in [0.05, 0.1) is 11.5 Å². The van der Waals surface area contributed by atoms with Crippen molar-refractivity contribution < 1.29 is 13.2 Å². The average molecular weight is 331 g/mol. The smallest absolute Gasteiger partial charge is 0.261 e. The Balaban J connectivity index is 2.40. The maximum absolute atomic E-state index is 11.7. The molecule has 0 radical (unpaired) electrons. The predicted octanol–water partition coefficient (Wildman–Crippen LogP) is 4.40. The molecule has 0 aliphatic heterocycles. The second-order valence-electron chi connectivity index (χ2n) is 6.91. The summed E-state index contributed by atoms with van der Waals surface area (Å²) in [4.78, 5) is 0.171. The molecule has 0 heterocycles. The lowest BCUT2D eigenvalue weighted by atomic mass is 9.85. The van der Waals surface area contributed by atoms with E-state index in [1.807, 2.05) is 20.8 Å². The zero-order valence-corrected chi connectivity index (χ0v) is 14.6. The Labute approximate surface area is 132 Å². The summed E-state index contributed by atoms with van der Waals surface area (Å²) in [5, 5.41) is 0. The predicted molar refractivity (Wildman–Crippen MR) is 85.8 cm³/mol. The molecule has 0 atom stereocenters. The molecular formula is C16H23ClO3S. The molecular weight excluding hydrogens is 308 g/mol. The summed E-state index contributed by atoms with van der Waals surface area (Å²) in [6, 6.07) is 3.46. The van der Waals surface area contributed by atoms with Crippen molar-refractivity contribution in [2.24, 2.45) is 5.92 Å². The Bertz CT molecular complexity index is 626. The van der Waals surface area contributed by atoms with E-state index in [9.17, 15) is 8.42 Å². The van der Waals surface area contributed by atoms with Crippen molar-refractivity contribution in [1.29, 1.82) is 0 Å². The summed E-state index contributed by atoms with van der Waals surface area (Å²) in [6.45, 7) is 8.57. The van der Waals surface area contributed by atoms with E-state index in [1.165, 1.54) is 19.3 Å². The van der Waals surface area contributed by atoms with E-state index in [0.29, 0.717) is 18.1 Å². The van der Waals surface area contributed by atoms with Crippen LogP contribution in [0.25, 0.3) is 0 Å². The van der Waals surface area contributed by atoms with E-state index in [0.717, 1.165) is 11.3 Å². The van der Waals surface area contributed by atoms with Crippen LogP contribution in [0, 0.1) is 12.8 Å². The Morgan fingerprint density at radius 2 is 1.90 bits per heavy atom. The summed E-state index contributed by atoms with van der Waals surface area (Å²) in [5.74, 6) is 1.41. The largest absolute Gasteiger partial charge is 0.493 e. The molecule has 0 amide bonds. The first-order valence-electron chi connectivity index (χ1n) is 7.31. The van der Waals surface area contributed by atoms with E-state index in [4.69, 9.17) is 15.4 Å². The van der Waals surface area contributed by atoms with Crippen molar-refractivity contribution in [3.63, 3.8) is 0 Å². The molecule has 1 saturated carbocycles. The quantitative estimate of drug-likeness (QED) is 0.768. The molecule has 118 valence electrons. The van der Waals surface area contributed by atoms with Gasteiger partial charge in [0.15, 0.2) is 0 Å². The van der Waals surface area contributed by atoms with Gasteiger partial charge < -0.3 is 4.74 Å². The zero-order chi connectivity index (χ0) is 15.8. The van der Waals surface area contributed by atoms with Gasteiger partial charge in [-0.3, -0.25) is 0 Å². The highest BCUT2D eigenvalue weighted by molar-refractivity contribution is 8.13. The molecule has 21 heavy (non-hydrogen) atoms. The van der Waals surface area contributed by atoms with Crippen LogP contribution in [-0.4, -0.2) is 15.0 Å². The lowest BCUT2D eigenvalue weighted by molar-refractivity contribution is 0.178. The third-order valence-corrected chi connectivity index (χ3v) is 5.51. The highest BCUT2D eigenvalue weighted by Gasteiger charge is 2.25. The SMILES string of the molecule is Cc1cc(OCC2CCC2)c(C(C)(C)C)cc1S(=O)(=O)Cl. The Kier molecular flexibility index (Phi) is 4.60. The minimum absolute atomic E-state index is 0.171. The van der Waals surface area contributed by atoms with Crippen LogP contribution in [0.1, 0.15) is 51.2 Å². The third-order valence-electron chi connectivity index (χ3n) is 4.05. The van der Waals surface area contributed by atoms with Crippen molar-refractivity contribution in [2.75, 3.05) is 6.61 Å². The third kappa shape index (κ3) is 3.92. The van der Waals surface area contributed by atoms with Gasteiger partial charge in [-0.25, -0.2) is 8.42 Å². The van der Waals surface area contributed by atoms with Gasteiger partial charge in [0, 0.05) is 16.2 Å². The van der Waals surface area contributed by atoms with Crippen LogP contribution in [-0.2, 0) is 14.5 Å². The van der Waals surface area contributed by atoms with Gasteiger partial charge in [-0.15, -0.1) is 0 Å². The Morgan fingerprint density at radius 3 is 2.33 bits per heavy atom. The van der Waals surface area contributed by atoms with Crippen molar-refractivity contribution >= 4 is 19.7 Å². The fourth-order valence-electron chi connectivity index (χ4n) is 2.50. The molecule has 0 aromatic heterocycles. The first-order chi connectivity index (χ1) is 9.59. The summed E-state index contributed by atoms with van der Waals surface area (Å²) in [5.41, 5.74) is 1.30. The van der Waals surface area contributed by atoms with Gasteiger partial charge in [-0.1, -0.05) is 27.2 Å². The highest BCUT2D eigenvalue weighted by Crippen LogP contribution is 2.37. The number of hydrogen-bond acceptors (Lipinski definition) is 3. The molecule has 1 aliphatic rings. The van der Waals surface area contributed by atoms with Crippen LogP contribution < -0.4 is 4.74 Å². The van der Waals surface area contributed by atoms with Gasteiger partial charge in [0.1, 0.15) is 5.75 Å². The molecule has 0 N–H and O–H groups in total. The zero-order valence-electron chi connectivity index (χ0n) is 13.1. The molecule has 5 heteroatoms. The van der Waals surface area contributed by atoms with Crippen molar-refractivity contribution in [3.05, 3.63) is 23.3 Å². The molecule has 1 aromatic carbocycles. The Morgan fingerprint density at radius 1 is 1.29 bits per heavy atom. The van der Waals surface area contributed by atoms with Gasteiger partial charge in [-0.2, -0.15) is 0 Å². The lowest BCUT2D eigenvalue weighted by Crippen LogP contribution is -2.21. The topological polar surface area (TPSA) is 43.4 Å². The molecule has 0 unspecified atom stereocenters. The van der Waals surface area contributed by atoms with E-state index in [2.05, 4.69) is 0 Å². The van der Waals surface area contributed by atoms with Gasteiger partial charge >= 0.3 is 0 Å². The van der Waals surface area contributed by atoms with Crippen LogP contribution in [0.4, 0.5) is 0 Å². The molecule has 0 bridgehead atoms. The van der Waals surface area contributed by atoms with E-state index < -0.39 is 9.05 Å². The van der Waals surface area contributed by atoms with Gasteiger partial charge in [0.2, 0.25) is 0 Å². The number of hydrogen-bond donors (Lipinski definition) is 0. The van der Waals surface area contributed by atoms with Crippen molar-refractivity contribution in [3.8, 4) is 5.75 Å². The fourth-order valence-corrected chi connectivity index (χ4v) is 3.70. The average Bonchev–Trinajstić information content (AvgIpc) is 2.23. The molecule has 1 aromatic rings. The van der Waals surface area contributed by atoms with Crippen LogP contribution in [0.15, 0.2) is 17.0 Å². The molecule has 0 saturated heterocycles. The second kappa shape index (κ2) is 5.81. The minimum Gasteiger partial charge on any atom is -0.493 e. The van der Waals surface area contributed by atoms with Crippen LogP contribution in [0.2, 0.25) is 0 Å². The van der Waals surface area contributed by atoms with Crippen molar-refractivity contribution in [2.45, 2.75) is 57.3 Å². The first kappa shape index (κ1) is 16.6. The molecule has 1 fully saturated rings. The number of ether oxygens (including phenoxy) is 1. The number of aryl methyl sites for hydroxylation is 1. The highest BCUT2D eigenvalue weighted by atomic mass is 35.7. The van der Waals surface area contributed by atoms with Gasteiger partial charge in [-0.05, 0) is 48.8 Å². The normalized spacial score (nSPS) is 16.6. The monoisotopic (exact) mass is 330 g/mol. The summed E-state index contributed by atoms with van der Waals surface area (Å²) in [6.07, 6.45) is 3.72. The maximum Gasteiger partial charge on any atom is 0.261 e. The standard InChI is InChI=1S/C16H23ClO3S/c1-11-8-14(20-10-12-6-5-7-12)13(16(2,3)4)9-15(11)21(17,18)19/h8-9,12H,5-7,10H2,1-4H3. The number of halogens is 1. The van der Waals surface area contributed by atoms with Crippen LogP contribution in [0.5, 0.6) is 5.75 Å². The molecule has 2 rings (SSSR count). The van der Waals surface area contributed by atoms with Gasteiger partial charge in [0.25, 0.3) is 9.05 Å². The maximum atomic E-state index is 11.7. The fraction of sp³-hybridized carbons (Fsp3) is 0.625.